The average Bonchev–Trinajstić information content (AvgIpc) is 2.98. The van der Waals surface area contributed by atoms with Crippen molar-refractivity contribution in [1.29, 1.82) is 0 Å². The molecule has 3 rings (SSSR count). The predicted molar refractivity (Wildman–Crippen MR) is 106 cm³/mol. The van der Waals surface area contributed by atoms with Gasteiger partial charge in [0.2, 0.25) is 5.88 Å². The van der Waals surface area contributed by atoms with Crippen molar-refractivity contribution in [2.24, 2.45) is 0 Å². The first-order valence-corrected chi connectivity index (χ1v) is 9.60. The van der Waals surface area contributed by atoms with E-state index in [0.717, 1.165) is 5.69 Å². The molecule has 0 aliphatic heterocycles. The van der Waals surface area contributed by atoms with Crippen LogP contribution in [0.1, 0.15) is 25.5 Å². The van der Waals surface area contributed by atoms with Gasteiger partial charge in [0, 0.05) is 12.5 Å². The van der Waals surface area contributed by atoms with Crippen molar-refractivity contribution >= 4 is 23.4 Å². The van der Waals surface area contributed by atoms with Crippen LogP contribution >= 0.6 is 11.8 Å². The first-order valence-electron chi connectivity index (χ1n) is 8.78. The molecular formula is C20H19N3O4S. The van der Waals surface area contributed by atoms with Gasteiger partial charge in [0.25, 0.3) is 5.69 Å². The summed E-state index contributed by atoms with van der Waals surface area (Å²) in [4.78, 5) is 24.2. The minimum absolute atomic E-state index is 0.00908. The number of hydrogen-bond acceptors (Lipinski definition) is 6. The number of nitrogens with zero attached hydrogens (tertiary/aromatic N) is 3. The van der Waals surface area contributed by atoms with Gasteiger partial charge in [-0.15, -0.1) is 0 Å². The number of para-hydroxylation sites is 2. The largest absolute Gasteiger partial charge is 0.406 e. The maximum Gasteiger partial charge on any atom is 0.312 e. The molecular weight excluding hydrogens is 378 g/mol. The molecule has 0 fully saturated rings. The number of carbonyl (C=O) groups excluding carboxylic acids is 1. The van der Waals surface area contributed by atoms with Crippen LogP contribution in [0.4, 0.5) is 5.69 Å². The fourth-order valence-electron chi connectivity index (χ4n) is 2.61. The second-order valence-electron chi connectivity index (χ2n) is 6.02. The van der Waals surface area contributed by atoms with E-state index in [9.17, 15) is 14.9 Å². The van der Waals surface area contributed by atoms with E-state index in [1.54, 1.807) is 29.8 Å². The molecule has 144 valence electrons. The van der Waals surface area contributed by atoms with Crippen LogP contribution in [0, 0.1) is 17.0 Å². The maximum atomic E-state index is 12.2. The zero-order valence-corrected chi connectivity index (χ0v) is 16.3. The third-order valence-corrected chi connectivity index (χ3v) is 5.14. The Kier molecular flexibility index (Phi) is 6.10. The van der Waals surface area contributed by atoms with Crippen LogP contribution in [0.5, 0.6) is 5.88 Å². The van der Waals surface area contributed by atoms with Crippen molar-refractivity contribution in [3.8, 4) is 11.6 Å². The maximum absolute atomic E-state index is 12.2. The lowest BCUT2D eigenvalue weighted by molar-refractivity contribution is -0.387. The Balaban J connectivity index is 2.09. The predicted octanol–water partition coefficient (Wildman–Crippen LogP) is 4.95. The molecule has 0 spiro atoms. The number of aromatic nitrogens is 2. The first kappa shape index (κ1) is 19.6. The second-order valence-corrected chi connectivity index (χ2v) is 7.07. The Bertz CT molecular complexity index is 1000. The summed E-state index contributed by atoms with van der Waals surface area (Å²) in [6.45, 7) is 3.68. The van der Waals surface area contributed by atoms with Gasteiger partial charge >= 0.3 is 5.97 Å². The quantitative estimate of drug-likeness (QED) is 0.319. The van der Waals surface area contributed by atoms with Gasteiger partial charge in [0.1, 0.15) is 0 Å². The van der Waals surface area contributed by atoms with Gasteiger partial charge in [-0.05, 0) is 31.5 Å². The molecule has 3 aromatic rings. The third kappa shape index (κ3) is 4.23. The number of hydrogen-bond donors (Lipinski definition) is 0. The Morgan fingerprint density at radius 1 is 1.18 bits per heavy atom. The number of benzene rings is 2. The third-order valence-electron chi connectivity index (χ3n) is 3.90. The van der Waals surface area contributed by atoms with Gasteiger partial charge in [-0.2, -0.15) is 9.78 Å². The minimum atomic E-state index is -0.429. The first-order chi connectivity index (χ1) is 13.5. The van der Waals surface area contributed by atoms with Gasteiger partial charge in [-0.25, -0.2) is 0 Å². The smallest absolute Gasteiger partial charge is 0.312 e. The number of nitro benzene ring substituents is 1. The van der Waals surface area contributed by atoms with Crippen molar-refractivity contribution in [3.05, 3.63) is 70.4 Å². The van der Waals surface area contributed by atoms with Crippen LogP contribution in [0.2, 0.25) is 0 Å². The normalized spacial score (nSPS) is 10.6. The van der Waals surface area contributed by atoms with Gasteiger partial charge in [-0.1, -0.05) is 49.0 Å². The van der Waals surface area contributed by atoms with Crippen molar-refractivity contribution in [3.63, 3.8) is 0 Å². The molecule has 1 aromatic heterocycles. The Morgan fingerprint density at radius 2 is 1.86 bits per heavy atom. The molecule has 28 heavy (non-hydrogen) atoms. The highest BCUT2D eigenvalue weighted by Crippen LogP contribution is 2.42. The summed E-state index contributed by atoms with van der Waals surface area (Å²) in [6, 6.07) is 15.8. The van der Waals surface area contributed by atoms with E-state index in [1.165, 1.54) is 17.8 Å². The fraction of sp³-hybridized carbons (Fsp3) is 0.200. The van der Waals surface area contributed by atoms with Crippen LogP contribution in [-0.4, -0.2) is 20.7 Å². The highest BCUT2D eigenvalue weighted by atomic mass is 32.2. The van der Waals surface area contributed by atoms with Gasteiger partial charge < -0.3 is 4.74 Å². The van der Waals surface area contributed by atoms with E-state index in [0.29, 0.717) is 21.9 Å². The summed E-state index contributed by atoms with van der Waals surface area (Å²) >= 11 is 1.17. The molecule has 0 N–H and O–H groups in total. The summed E-state index contributed by atoms with van der Waals surface area (Å²) in [6.07, 6.45) is 0.929. The van der Waals surface area contributed by atoms with Gasteiger partial charge in [0.05, 0.1) is 26.1 Å². The number of rotatable bonds is 7. The van der Waals surface area contributed by atoms with Crippen LogP contribution < -0.4 is 4.74 Å². The van der Waals surface area contributed by atoms with E-state index in [-0.39, 0.29) is 24.0 Å². The molecule has 0 radical (unpaired) electrons. The summed E-state index contributed by atoms with van der Waals surface area (Å²) < 4.78 is 7.19. The van der Waals surface area contributed by atoms with E-state index in [1.807, 2.05) is 37.3 Å². The summed E-state index contributed by atoms with van der Waals surface area (Å²) in [5.74, 6) is -0.103. The molecule has 2 aromatic carbocycles. The molecule has 0 aliphatic carbocycles. The zero-order chi connectivity index (χ0) is 20.1. The molecule has 7 nitrogen and oxygen atoms in total. The molecule has 0 saturated heterocycles. The highest BCUT2D eigenvalue weighted by molar-refractivity contribution is 7.99. The van der Waals surface area contributed by atoms with Crippen LogP contribution in [0.3, 0.4) is 0 Å². The van der Waals surface area contributed by atoms with Crippen molar-refractivity contribution < 1.29 is 14.5 Å². The fourth-order valence-corrected chi connectivity index (χ4v) is 3.63. The lowest BCUT2D eigenvalue weighted by Crippen LogP contribution is -2.11. The zero-order valence-electron chi connectivity index (χ0n) is 15.5. The van der Waals surface area contributed by atoms with Gasteiger partial charge in [-0.3, -0.25) is 14.9 Å². The topological polar surface area (TPSA) is 87.3 Å². The van der Waals surface area contributed by atoms with Crippen molar-refractivity contribution in [2.75, 3.05) is 0 Å². The highest BCUT2D eigenvalue weighted by Gasteiger charge is 2.24. The summed E-state index contributed by atoms with van der Waals surface area (Å²) in [5.41, 5.74) is 1.34. The summed E-state index contributed by atoms with van der Waals surface area (Å²) in [5, 5.41) is 15.9. The number of ether oxygens (including phenoxy) is 1. The number of esters is 1. The molecule has 0 saturated carbocycles. The SMILES string of the molecule is CCCC(=O)Oc1c(Sc2ccccc2[N+](=O)[O-])c(C)nn1-c1ccccc1. The molecule has 0 unspecified atom stereocenters. The number of aryl methyl sites for hydroxylation is 1. The molecule has 0 amide bonds. The van der Waals surface area contributed by atoms with Gasteiger partial charge in [0.15, 0.2) is 0 Å². The Labute approximate surface area is 166 Å². The lowest BCUT2D eigenvalue weighted by atomic mass is 10.3. The summed E-state index contributed by atoms with van der Waals surface area (Å²) in [7, 11) is 0. The molecule has 0 atom stereocenters. The van der Waals surface area contributed by atoms with E-state index in [2.05, 4.69) is 5.10 Å². The number of carbonyl (C=O) groups is 1. The Hall–Kier alpha value is -3.13. The lowest BCUT2D eigenvalue weighted by Gasteiger charge is -2.10. The van der Waals surface area contributed by atoms with E-state index < -0.39 is 4.92 Å². The average molecular weight is 397 g/mol. The monoisotopic (exact) mass is 397 g/mol. The second kappa shape index (κ2) is 8.71. The van der Waals surface area contributed by atoms with Crippen LogP contribution in [0.15, 0.2) is 64.4 Å². The minimum Gasteiger partial charge on any atom is -0.406 e. The van der Waals surface area contributed by atoms with Crippen LogP contribution in [-0.2, 0) is 4.79 Å². The molecule has 0 bridgehead atoms. The van der Waals surface area contributed by atoms with Crippen LogP contribution in [0.25, 0.3) is 5.69 Å². The van der Waals surface area contributed by atoms with E-state index in [4.69, 9.17) is 4.74 Å². The molecule has 1 heterocycles. The van der Waals surface area contributed by atoms with E-state index >= 15 is 0 Å². The van der Waals surface area contributed by atoms with Crippen molar-refractivity contribution in [2.45, 2.75) is 36.5 Å². The molecule has 0 aliphatic rings. The Morgan fingerprint density at radius 3 is 2.54 bits per heavy atom. The number of nitro groups is 1. The van der Waals surface area contributed by atoms with Crippen molar-refractivity contribution in [1.82, 2.24) is 9.78 Å². The molecule has 8 heteroatoms. The standard InChI is InChI=1S/C20H19N3O4S/c1-3-9-18(24)27-20-19(28-17-13-8-7-12-16(17)23(25)26)14(2)21-22(20)15-10-5-4-6-11-15/h4-8,10-13H,3,9H2,1-2H3.